The Labute approximate surface area is 233 Å². The van der Waals surface area contributed by atoms with Crippen molar-refractivity contribution in [3.8, 4) is 11.1 Å². The minimum atomic E-state index is -0.682. The summed E-state index contributed by atoms with van der Waals surface area (Å²) in [5, 5.41) is 8.30. The average molecular weight is 546 g/mol. The van der Waals surface area contributed by atoms with E-state index in [1.165, 1.54) is 0 Å². The van der Waals surface area contributed by atoms with E-state index in [1.807, 2.05) is 86.6 Å². The zero-order valence-electron chi connectivity index (χ0n) is 22.4. The number of para-hydroxylation sites is 1. The van der Waals surface area contributed by atoms with E-state index in [9.17, 15) is 14.4 Å². The van der Waals surface area contributed by atoms with Crippen LogP contribution in [0.5, 0.6) is 0 Å². The number of carbonyl (C=O) groups is 3. The molecule has 0 aromatic heterocycles. The Kier molecular flexibility index (Phi) is 9.27. The molecule has 0 saturated carbocycles. The second-order valence-electron chi connectivity index (χ2n) is 9.82. The molecule has 1 aliphatic rings. The van der Waals surface area contributed by atoms with E-state index in [0.29, 0.717) is 18.8 Å². The molecular weight excluding hydrogens is 510 g/mol. The van der Waals surface area contributed by atoms with Crippen molar-refractivity contribution in [2.45, 2.75) is 43.9 Å². The van der Waals surface area contributed by atoms with E-state index in [1.54, 1.807) is 23.7 Å². The summed E-state index contributed by atoms with van der Waals surface area (Å²) in [5.74, 6) is -0.0757. The molecule has 3 aromatic rings. The van der Waals surface area contributed by atoms with Gasteiger partial charge in [-0.05, 0) is 40.3 Å². The van der Waals surface area contributed by atoms with E-state index >= 15 is 0 Å². The zero-order chi connectivity index (χ0) is 27.9. The number of amides is 4. The van der Waals surface area contributed by atoms with Gasteiger partial charge in [0.25, 0.3) is 5.91 Å². The molecule has 2 atom stereocenters. The van der Waals surface area contributed by atoms with Crippen molar-refractivity contribution >= 4 is 35.3 Å². The van der Waals surface area contributed by atoms with E-state index in [0.717, 1.165) is 32.8 Å². The maximum atomic E-state index is 13.7. The molecule has 4 rings (SSSR count). The Balaban J connectivity index is 1.56. The Bertz CT molecular complexity index is 1330. The molecule has 9 heteroatoms. The second kappa shape index (κ2) is 12.8. The van der Waals surface area contributed by atoms with Crippen molar-refractivity contribution < 1.29 is 14.4 Å². The van der Waals surface area contributed by atoms with Crippen molar-refractivity contribution in [2.75, 3.05) is 17.7 Å². The lowest BCUT2D eigenvalue weighted by atomic mass is 9.98. The van der Waals surface area contributed by atoms with Gasteiger partial charge < -0.3 is 26.6 Å². The predicted molar refractivity (Wildman–Crippen MR) is 156 cm³/mol. The van der Waals surface area contributed by atoms with Crippen LogP contribution in [0.3, 0.4) is 0 Å². The quantitative estimate of drug-likeness (QED) is 0.343. The number of benzene rings is 3. The highest BCUT2D eigenvalue weighted by Crippen LogP contribution is 2.35. The SMILES string of the molecule is CNC(=O)NCc1ccccc1-c1ccc(CN2C(=O)[C@H](NC(=O)C(N)C(C)C)CSc3ccccc32)cc1. The summed E-state index contributed by atoms with van der Waals surface area (Å²) in [6.07, 6.45) is 0. The number of hydrogen-bond acceptors (Lipinski definition) is 5. The fraction of sp³-hybridized carbons (Fsp3) is 0.300. The molecule has 0 saturated heterocycles. The molecule has 0 fully saturated rings. The van der Waals surface area contributed by atoms with Gasteiger partial charge in [-0.2, -0.15) is 0 Å². The fourth-order valence-electron chi connectivity index (χ4n) is 4.38. The van der Waals surface area contributed by atoms with Crippen molar-refractivity contribution in [3.05, 3.63) is 83.9 Å². The summed E-state index contributed by atoms with van der Waals surface area (Å²) in [6, 6.07) is 22.2. The number of nitrogens with zero attached hydrogens (tertiary/aromatic N) is 1. The number of fused-ring (bicyclic) bond motifs is 1. The molecule has 0 aliphatic carbocycles. The first-order chi connectivity index (χ1) is 18.8. The third-order valence-electron chi connectivity index (χ3n) is 6.75. The normalized spacial score (nSPS) is 15.8. The summed E-state index contributed by atoms with van der Waals surface area (Å²) in [7, 11) is 1.59. The lowest BCUT2D eigenvalue weighted by Gasteiger charge is -2.27. The smallest absolute Gasteiger partial charge is 0.314 e. The molecule has 204 valence electrons. The summed E-state index contributed by atoms with van der Waals surface area (Å²) < 4.78 is 0. The molecule has 0 bridgehead atoms. The number of urea groups is 1. The van der Waals surface area contributed by atoms with E-state index in [-0.39, 0.29) is 23.8 Å². The number of carbonyl (C=O) groups excluding carboxylic acids is 3. The van der Waals surface area contributed by atoms with E-state index in [4.69, 9.17) is 5.73 Å². The fourth-order valence-corrected chi connectivity index (χ4v) is 5.46. The van der Waals surface area contributed by atoms with Gasteiger partial charge in [0.1, 0.15) is 6.04 Å². The summed E-state index contributed by atoms with van der Waals surface area (Å²) in [5.41, 5.74) is 10.9. The first-order valence-corrected chi connectivity index (χ1v) is 14.0. The lowest BCUT2D eigenvalue weighted by molar-refractivity contribution is -0.128. The largest absolute Gasteiger partial charge is 0.342 e. The van der Waals surface area contributed by atoms with Crippen molar-refractivity contribution in [1.29, 1.82) is 0 Å². The standard InChI is InChI=1S/C30H35N5O3S/c1-19(2)27(31)28(36)34-24-18-39-26-11-7-6-10-25(26)35(29(24)37)17-20-12-14-21(15-13-20)23-9-5-4-8-22(23)16-33-30(38)32-3/h4-15,19,24,27H,16-18,31H2,1-3H3,(H,34,36)(H2,32,33,38)/t24-,27?/m1/s1. The number of nitrogens with two attached hydrogens (primary N) is 1. The van der Waals surface area contributed by atoms with Crippen LogP contribution >= 0.6 is 11.8 Å². The van der Waals surface area contributed by atoms with Crippen LogP contribution in [-0.4, -0.2) is 42.7 Å². The van der Waals surface area contributed by atoms with Crippen LogP contribution in [0.15, 0.2) is 77.7 Å². The second-order valence-corrected chi connectivity index (χ2v) is 10.9. The first kappa shape index (κ1) is 28.2. The van der Waals surface area contributed by atoms with Gasteiger partial charge in [-0.3, -0.25) is 9.59 Å². The average Bonchev–Trinajstić information content (AvgIpc) is 3.08. The van der Waals surface area contributed by atoms with Crippen LogP contribution in [-0.2, 0) is 22.7 Å². The molecule has 1 unspecified atom stereocenters. The zero-order valence-corrected chi connectivity index (χ0v) is 23.3. The molecule has 5 N–H and O–H groups in total. The van der Waals surface area contributed by atoms with Crippen LogP contribution in [0.4, 0.5) is 10.5 Å². The number of rotatable bonds is 8. The van der Waals surface area contributed by atoms with E-state index < -0.39 is 12.1 Å². The minimum absolute atomic E-state index is 0.0324. The maximum absolute atomic E-state index is 13.7. The highest BCUT2D eigenvalue weighted by Gasteiger charge is 2.33. The van der Waals surface area contributed by atoms with Crippen LogP contribution in [0.1, 0.15) is 25.0 Å². The van der Waals surface area contributed by atoms with Gasteiger partial charge >= 0.3 is 6.03 Å². The van der Waals surface area contributed by atoms with Gasteiger partial charge in [0.15, 0.2) is 0 Å². The summed E-state index contributed by atoms with van der Waals surface area (Å²) in [4.78, 5) is 40.9. The Morgan fingerprint density at radius 2 is 1.72 bits per heavy atom. The highest BCUT2D eigenvalue weighted by molar-refractivity contribution is 7.99. The highest BCUT2D eigenvalue weighted by atomic mass is 32.2. The van der Waals surface area contributed by atoms with Gasteiger partial charge in [0.05, 0.1) is 18.3 Å². The van der Waals surface area contributed by atoms with E-state index in [2.05, 4.69) is 16.0 Å². The molecule has 39 heavy (non-hydrogen) atoms. The van der Waals surface area contributed by atoms with Crippen molar-refractivity contribution in [2.24, 2.45) is 11.7 Å². The Morgan fingerprint density at radius 1 is 1.03 bits per heavy atom. The number of thioether (sulfide) groups is 1. The predicted octanol–water partition coefficient (Wildman–Crippen LogP) is 3.89. The van der Waals surface area contributed by atoms with Crippen LogP contribution < -0.4 is 26.6 Å². The number of nitrogens with one attached hydrogen (secondary N) is 3. The lowest BCUT2D eigenvalue weighted by Crippen LogP contribution is -2.54. The van der Waals surface area contributed by atoms with Gasteiger partial charge in [-0.25, -0.2) is 4.79 Å². The van der Waals surface area contributed by atoms with Crippen molar-refractivity contribution in [3.63, 3.8) is 0 Å². The molecule has 4 amide bonds. The summed E-state index contributed by atoms with van der Waals surface area (Å²) in [6.45, 7) is 4.54. The Hall–Kier alpha value is -3.82. The monoisotopic (exact) mass is 545 g/mol. The summed E-state index contributed by atoms with van der Waals surface area (Å²) >= 11 is 1.55. The van der Waals surface area contributed by atoms with Crippen LogP contribution in [0.2, 0.25) is 0 Å². The third kappa shape index (κ3) is 6.79. The number of anilines is 1. The van der Waals surface area contributed by atoms with Crippen molar-refractivity contribution in [1.82, 2.24) is 16.0 Å². The third-order valence-corrected chi connectivity index (χ3v) is 7.91. The minimum Gasteiger partial charge on any atom is -0.342 e. The van der Waals surface area contributed by atoms with Crippen LogP contribution in [0.25, 0.3) is 11.1 Å². The molecule has 0 radical (unpaired) electrons. The van der Waals surface area contributed by atoms with Gasteiger partial charge in [0, 0.05) is 24.2 Å². The van der Waals surface area contributed by atoms with Gasteiger partial charge in [0.2, 0.25) is 5.91 Å². The van der Waals surface area contributed by atoms with Gasteiger partial charge in [-0.1, -0.05) is 74.5 Å². The molecular formula is C30H35N5O3S. The molecule has 8 nitrogen and oxygen atoms in total. The topological polar surface area (TPSA) is 117 Å². The first-order valence-electron chi connectivity index (χ1n) is 13.0. The molecule has 0 spiro atoms. The molecule has 1 heterocycles. The Morgan fingerprint density at radius 3 is 2.44 bits per heavy atom. The van der Waals surface area contributed by atoms with Gasteiger partial charge in [-0.15, -0.1) is 11.8 Å². The molecule has 3 aromatic carbocycles. The maximum Gasteiger partial charge on any atom is 0.314 e. The van der Waals surface area contributed by atoms with Crippen LogP contribution in [0, 0.1) is 5.92 Å². The molecule has 1 aliphatic heterocycles. The number of hydrogen-bond donors (Lipinski definition) is 4.